The average Bonchev–Trinajstić information content (AvgIpc) is 2.06. The number of pyridine rings is 1. The quantitative estimate of drug-likeness (QED) is 0.589. The number of halogens is 1. The first-order chi connectivity index (χ1) is 5.17. The summed E-state index contributed by atoms with van der Waals surface area (Å²) in [7, 11) is 0. The molecule has 0 aliphatic rings. The van der Waals surface area contributed by atoms with E-state index >= 15 is 0 Å². The van der Waals surface area contributed by atoms with E-state index in [1.807, 2.05) is 18.3 Å². The summed E-state index contributed by atoms with van der Waals surface area (Å²) in [5.41, 5.74) is 1.39. The molecule has 60 valence electrons. The average molecular weight is 261 g/mol. The van der Waals surface area contributed by atoms with Gasteiger partial charge in [0.2, 0.25) is 0 Å². The molecule has 2 heteroatoms. The van der Waals surface area contributed by atoms with Crippen molar-refractivity contribution in [3.63, 3.8) is 0 Å². The van der Waals surface area contributed by atoms with Gasteiger partial charge >= 0.3 is 0 Å². The minimum Gasteiger partial charge on any atom is -0.261 e. The molecule has 1 nitrogen and oxygen atoms in total. The standard InChI is InChI=1S/C9H12IN/c1-9(2,7-10)8-5-3-4-6-11-8/h3-6H,7H2,1-2H3. The fourth-order valence-corrected chi connectivity index (χ4v) is 1.22. The van der Waals surface area contributed by atoms with Crippen LogP contribution in [0.2, 0.25) is 0 Å². The second-order valence-corrected chi connectivity index (χ2v) is 4.00. The minimum absolute atomic E-state index is 0.210. The summed E-state index contributed by atoms with van der Waals surface area (Å²) in [6.07, 6.45) is 1.85. The van der Waals surface area contributed by atoms with Crippen molar-refractivity contribution in [1.29, 1.82) is 0 Å². The Kier molecular flexibility index (Phi) is 2.87. The van der Waals surface area contributed by atoms with Crippen LogP contribution in [0.1, 0.15) is 19.5 Å². The van der Waals surface area contributed by atoms with Crippen molar-refractivity contribution < 1.29 is 0 Å². The SMILES string of the molecule is CC(C)(CI)c1ccccn1. The van der Waals surface area contributed by atoms with E-state index in [2.05, 4.69) is 47.5 Å². The minimum atomic E-state index is 0.210. The van der Waals surface area contributed by atoms with Gasteiger partial charge in [-0.25, -0.2) is 0 Å². The van der Waals surface area contributed by atoms with Crippen molar-refractivity contribution in [3.8, 4) is 0 Å². The van der Waals surface area contributed by atoms with E-state index in [0.717, 1.165) is 4.43 Å². The van der Waals surface area contributed by atoms with E-state index in [0.29, 0.717) is 0 Å². The molecule has 11 heavy (non-hydrogen) atoms. The van der Waals surface area contributed by atoms with Crippen LogP contribution >= 0.6 is 22.6 Å². The summed E-state index contributed by atoms with van der Waals surface area (Å²) < 4.78 is 1.10. The molecule has 0 aromatic carbocycles. The summed E-state index contributed by atoms with van der Waals surface area (Å²) in [4.78, 5) is 4.32. The summed E-state index contributed by atoms with van der Waals surface area (Å²) in [5.74, 6) is 0. The molecule has 1 aromatic rings. The Hall–Kier alpha value is -0.120. The fourth-order valence-electron chi connectivity index (χ4n) is 0.832. The first kappa shape index (κ1) is 8.97. The van der Waals surface area contributed by atoms with Gasteiger partial charge in [0.05, 0.1) is 0 Å². The number of rotatable bonds is 2. The Bertz CT molecular complexity index is 218. The van der Waals surface area contributed by atoms with Crippen LogP contribution < -0.4 is 0 Å². The number of nitrogens with zero attached hydrogens (tertiary/aromatic N) is 1. The predicted molar refractivity (Wildman–Crippen MR) is 56.2 cm³/mol. The van der Waals surface area contributed by atoms with Gasteiger partial charge in [0.25, 0.3) is 0 Å². The van der Waals surface area contributed by atoms with E-state index in [1.165, 1.54) is 5.69 Å². The molecule has 1 heterocycles. The van der Waals surface area contributed by atoms with Gasteiger partial charge in [0.15, 0.2) is 0 Å². The Morgan fingerprint density at radius 2 is 2.18 bits per heavy atom. The summed E-state index contributed by atoms with van der Waals surface area (Å²) in [5, 5.41) is 0. The molecule has 0 radical (unpaired) electrons. The van der Waals surface area contributed by atoms with Gasteiger partial charge in [-0.3, -0.25) is 4.98 Å². The van der Waals surface area contributed by atoms with Crippen LogP contribution in [-0.2, 0) is 5.41 Å². The highest BCUT2D eigenvalue weighted by Gasteiger charge is 2.19. The van der Waals surface area contributed by atoms with Crippen molar-refractivity contribution in [2.45, 2.75) is 19.3 Å². The molecule has 0 unspecified atom stereocenters. The van der Waals surface area contributed by atoms with Gasteiger partial charge in [-0.2, -0.15) is 0 Å². The van der Waals surface area contributed by atoms with Gasteiger partial charge in [-0.1, -0.05) is 42.5 Å². The highest BCUT2D eigenvalue weighted by molar-refractivity contribution is 14.1. The number of hydrogen-bond donors (Lipinski definition) is 0. The third-order valence-electron chi connectivity index (χ3n) is 1.69. The second kappa shape index (κ2) is 3.52. The maximum atomic E-state index is 4.32. The summed E-state index contributed by atoms with van der Waals surface area (Å²) in [6, 6.07) is 6.07. The molecule has 0 N–H and O–H groups in total. The van der Waals surface area contributed by atoms with Crippen LogP contribution in [0.4, 0.5) is 0 Å². The van der Waals surface area contributed by atoms with Crippen LogP contribution in [0.25, 0.3) is 0 Å². The van der Waals surface area contributed by atoms with Crippen LogP contribution in [-0.4, -0.2) is 9.41 Å². The van der Waals surface area contributed by atoms with E-state index in [9.17, 15) is 0 Å². The fraction of sp³-hybridized carbons (Fsp3) is 0.444. The zero-order valence-corrected chi connectivity index (χ0v) is 9.00. The van der Waals surface area contributed by atoms with Crippen LogP contribution in [0, 0.1) is 0 Å². The Morgan fingerprint density at radius 3 is 2.64 bits per heavy atom. The monoisotopic (exact) mass is 261 g/mol. The van der Waals surface area contributed by atoms with Gasteiger partial charge in [-0.05, 0) is 12.1 Å². The maximum Gasteiger partial charge on any atom is 0.0467 e. The number of aromatic nitrogens is 1. The molecule has 0 aliphatic heterocycles. The molecule has 0 saturated carbocycles. The van der Waals surface area contributed by atoms with E-state index in [1.54, 1.807) is 0 Å². The molecule has 0 atom stereocenters. The third-order valence-corrected chi connectivity index (χ3v) is 3.60. The first-order valence-electron chi connectivity index (χ1n) is 3.64. The third kappa shape index (κ3) is 2.15. The number of alkyl halides is 1. The lowest BCUT2D eigenvalue weighted by molar-refractivity contribution is 0.589. The van der Waals surface area contributed by atoms with Crippen molar-refractivity contribution in [2.75, 3.05) is 4.43 Å². The molecular weight excluding hydrogens is 249 g/mol. The molecule has 0 amide bonds. The molecule has 0 bridgehead atoms. The van der Waals surface area contributed by atoms with E-state index < -0.39 is 0 Å². The zero-order chi connectivity index (χ0) is 8.32. The molecule has 0 aliphatic carbocycles. The predicted octanol–water partition coefficient (Wildman–Crippen LogP) is 2.79. The second-order valence-electron chi connectivity index (χ2n) is 3.23. The number of hydrogen-bond acceptors (Lipinski definition) is 1. The summed E-state index contributed by atoms with van der Waals surface area (Å²) >= 11 is 2.39. The van der Waals surface area contributed by atoms with Crippen molar-refractivity contribution in [1.82, 2.24) is 4.98 Å². The molecule has 0 saturated heterocycles. The molecule has 0 spiro atoms. The molecule has 0 fully saturated rings. The molecule has 1 rings (SSSR count). The topological polar surface area (TPSA) is 12.9 Å². The Labute approximate surface area is 81.4 Å². The van der Waals surface area contributed by atoms with E-state index in [-0.39, 0.29) is 5.41 Å². The highest BCUT2D eigenvalue weighted by Crippen LogP contribution is 2.22. The zero-order valence-electron chi connectivity index (χ0n) is 6.84. The lowest BCUT2D eigenvalue weighted by atomic mass is 9.92. The Morgan fingerprint density at radius 1 is 1.45 bits per heavy atom. The lowest BCUT2D eigenvalue weighted by Crippen LogP contribution is -2.19. The maximum absolute atomic E-state index is 4.32. The van der Waals surface area contributed by atoms with Crippen LogP contribution in [0.5, 0.6) is 0 Å². The van der Waals surface area contributed by atoms with Crippen molar-refractivity contribution >= 4 is 22.6 Å². The molecule has 1 aromatic heterocycles. The van der Waals surface area contributed by atoms with E-state index in [4.69, 9.17) is 0 Å². The van der Waals surface area contributed by atoms with Gasteiger partial charge in [0.1, 0.15) is 0 Å². The van der Waals surface area contributed by atoms with Gasteiger partial charge < -0.3 is 0 Å². The first-order valence-corrected chi connectivity index (χ1v) is 5.17. The van der Waals surface area contributed by atoms with Crippen LogP contribution in [0.15, 0.2) is 24.4 Å². The van der Waals surface area contributed by atoms with Gasteiger partial charge in [-0.15, -0.1) is 0 Å². The highest BCUT2D eigenvalue weighted by atomic mass is 127. The lowest BCUT2D eigenvalue weighted by Gasteiger charge is -2.20. The van der Waals surface area contributed by atoms with Crippen molar-refractivity contribution in [3.05, 3.63) is 30.1 Å². The normalized spacial score (nSPS) is 11.5. The largest absolute Gasteiger partial charge is 0.261 e. The Balaban J connectivity index is 2.93. The summed E-state index contributed by atoms with van der Waals surface area (Å²) in [6.45, 7) is 4.42. The smallest absolute Gasteiger partial charge is 0.0467 e. The molecular formula is C9H12IN. The van der Waals surface area contributed by atoms with Gasteiger partial charge in [0, 0.05) is 21.7 Å². The van der Waals surface area contributed by atoms with Crippen molar-refractivity contribution in [2.24, 2.45) is 0 Å². The van der Waals surface area contributed by atoms with Crippen LogP contribution in [0.3, 0.4) is 0 Å².